The number of nitrogens with zero attached hydrogens (tertiary/aromatic N) is 6. The summed E-state index contributed by atoms with van der Waals surface area (Å²) in [5, 5.41) is 9.74. The number of hydrogen-bond acceptors (Lipinski definition) is 7. The van der Waals surface area contributed by atoms with Gasteiger partial charge in [-0.3, -0.25) is 4.98 Å². The molecule has 0 radical (unpaired) electrons. The Hall–Kier alpha value is -2.78. The Morgan fingerprint density at radius 2 is 1.31 bits per heavy atom. The summed E-state index contributed by atoms with van der Waals surface area (Å²) in [6.07, 6.45) is 6.60. The van der Waals surface area contributed by atoms with Gasteiger partial charge in [0.2, 0.25) is 10.0 Å². The standard InChI is InChI=1S/C23H28N6O2S/c30-32(31,20-9-5-7-19-8-6-12-24-23(19)20)29-17-15-28(16-18-29)22-11-10-21(25-26-22)27-13-3-1-2-4-14-27/h5-12H,1-4,13-18H2. The summed E-state index contributed by atoms with van der Waals surface area (Å²) >= 11 is 0. The Labute approximate surface area is 188 Å². The predicted octanol–water partition coefficient (Wildman–Crippen LogP) is 2.92. The molecule has 2 fully saturated rings. The van der Waals surface area contributed by atoms with Crippen LogP contribution < -0.4 is 9.80 Å². The Bertz CT molecular complexity index is 1160. The van der Waals surface area contributed by atoms with Crippen LogP contribution in [0.4, 0.5) is 11.6 Å². The smallest absolute Gasteiger partial charge is 0.245 e. The summed E-state index contributed by atoms with van der Waals surface area (Å²) in [5.74, 6) is 1.73. The third kappa shape index (κ3) is 4.14. The number of fused-ring (bicyclic) bond motifs is 1. The zero-order valence-corrected chi connectivity index (χ0v) is 18.9. The summed E-state index contributed by atoms with van der Waals surface area (Å²) < 4.78 is 28.2. The number of anilines is 2. The molecule has 2 aromatic heterocycles. The molecule has 168 valence electrons. The van der Waals surface area contributed by atoms with Crippen molar-refractivity contribution in [2.45, 2.75) is 30.6 Å². The summed E-state index contributed by atoms with van der Waals surface area (Å²) in [6.45, 7) is 4.04. The molecule has 1 aromatic carbocycles. The molecule has 32 heavy (non-hydrogen) atoms. The molecule has 0 amide bonds. The topological polar surface area (TPSA) is 82.5 Å². The number of benzene rings is 1. The van der Waals surface area contributed by atoms with E-state index in [-0.39, 0.29) is 4.90 Å². The van der Waals surface area contributed by atoms with Gasteiger partial charge in [-0.05, 0) is 37.1 Å². The van der Waals surface area contributed by atoms with Gasteiger partial charge in [-0.25, -0.2) is 8.42 Å². The van der Waals surface area contributed by atoms with Crippen molar-refractivity contribution in [1.82, 2.24) is 19.5 Å². The van der Waals surface area contributed by atoms with Gasteiger partial charge in [-0.1, -0.05) is 31.0 Å². The van der Waals surface area contributed by atoms with E-state index in [9.17, 15) is 8.42 Å². The van der Waals surface area contributed by atoms with Gasteiger partial charge in [-0.2, -0.15) is 4.31 Å². The van der Waals surface area contributed by atoms with E-state index in [2.05, 4.69) is 25.0 Å². The highest BCUT2D eigenvalue weighted by molar-refractivity contribution is 7.89. The maximum Gasteiger partial charge on any atom is 0.245 e. The van der Waals surface area contributed by atoms with E-state index in [0.717, 1.165) is 30.1 Å². The van der Waals surface area contributed by atoms with Crippen LogP contribution in [0.2, 0.25) is 0 Å². The van der Waals surface area contributed by atoms with Crippen LogP contribution in [0.25, 0.3) is 10.9 Å². The maximum absolute atomic E-state index is 13.3. The number of pyridine rings is 1. The molecule has 5 rings (SSSR count). The molecule has 0 bridgehead atoms. The van der Waals surface area contributed by atoms with E-state index in [1.54, 1.807) is 22.6 Å². The average Bonchev–Trinajstić information content (AvgIpc) is 3.14. The molecule has 4 heterocycles. The zero-order chi connectivity index (χ0) is 22.0. The van der Waals surface area contributed by atoms with Gasteiger partial charge in [0, 0.05) is 50.9 Å². The fourth-order valence-corrected chi connectivity index (χ4v) is 6.12. The van der Waals surface area contributed by atoms with Gasteiger partial charge >= 0.3 is 0 Å². The second-order valence-corrected chi connectivity index (χ2v) is 10.3. The van der Waals surface area contributed by atoms with Crippen LogP contribution in [0.15, 0.2) is 53.6 Å². The van der Waals surface area contributed by atoms with Crippen molar-refractivity contribution in [2.24, 2.45) is 0 Å². The first-order chi connectivity index (χ1) is 15.6. The molecule has 2 aliphatic heterocycles. The molecule has 0 spiro atoms. The van der Waals surface area contributed by atoms with Crippen molar-refractivity contribution in [1.29, 1.82) is 0 Å². The summed E-state index contributed by atoms with van der Waals surface area (Å²) in [6, 6.07) is 13.0. The normalized spacial score (nSPS) is 18.6. The average molecular weight is 453 g/mol. The molecule has 2 saturated heterocycles. The lowest BCUT2D eigenvalue weighted by Gasteiger charge is -2.34. The van der Waals surface area contributed by atoms with Gasteiger partial charge in [0.05, 0.1) is 5.52 Å². The molecule has 3 aromatic rings. The predicted molar refractivity (Wildman–Crippen MR) is 125 cm³/mol. The second kappa shape index (κ2) is 8.99. The van der Waals surface area contributed by atoms with Gasteiger partial charge in [0.25, 0.3) is 0 Å². The first-order valence-corrected chi connectivity index (χ1v) is 12.7. The summed E-state index contributed by atoms with van der Waals surface area (Å²) in [5.41, 5.74) is 0.521. The SMILES string of the molecule is O=S(=O)(c1cccc2cccnc12)N1CCN(c2ccc(N3CCCCCC3)nn2)CC1. The molecule has 9 heteroatoms. The van der Waals surface area contributed by atoms with Crippen molar-refractivity contribution >= 4 is 32.6 Å². The highest BCUT2D eigenvalue weighted by Crippen LogP contribution is 2.26. The molecule has 0 atom stereocenters. The molecular formula is C23H28N6O2S. The minimum Gasteiger partial charge on any atom is -0.355 e. The lowest BCUT2D eigenvalue weighted by molar-refractivity contribution is 0.384. The van der Waals surface area contributed by atoms with Crippen LogP contribution in [-0.4, -0.2) is 67.2 Å². The quantitative estimate of drug-likeness (QED) is 0.602. The molecule has 2 aliphatic rings. The largest absolute Gasteiger partial charge is 0.355 e. The lowest BCUT2D eigenvalue weighted by atomic mass is 10.2. The van der Waals surface area contributed by atoms with Crippen molar-refractivity contribution in [3.05, 3.63) is 48.7 Å². The van der Waals surface area contributed by atoms with Crippen LogP contribution in [0, 0.1) is 0 Å². The van der Waals surface area contributed by atoms with Crippen LogP contribution in [0.3, 0.4) is 0 Å². The van der Waals surface area contributed by atoms with E-state index in [4.69, 9.17) is 0 Å². The molecule has 0 N–H and O–H groups in total. The Balaban J connectivity index is 1.27. The minimum absolute atomic E-state index is 0.269. The fraction of sp³-hybridized carbons (Fsp3) is 0.435. The Morgan fingerprint density at radius 1 is 0.688 bits per heavy atom. The third-order valence-corrected chi connectivity index (χ3v) is 8.27. The van der Waals surface area contributed by atoms with Crippen molar-refractivity contribution < 1.29 is 8.42 Å². The molecule has 0 unspecified atom stereocenters. The van der Waals surface area contributed by atoms with Crippen molar-refractivity contribution in [3.63, 3.8) is 0 Å². The highest BCUT2D eigenvalue weighted by atomic mass is 32.2. The first kappa shape index (κ1) is 21.1. The summed E-state index contributed by atoms with van der Waals surface area (Å²) in [4.78, 5) is 9.00. The molecule has 0 aliphatic carbocycles. The third-order valence-electron chi connectivity index (χ3n) is 6.34. The maximum atomic E-state index is 13.3. The Kier molecular flexibility index (Phi) is 5.93. The van der Waals surface area contributed by atoms with Gasteiger partial charge in [0.15, 0.2) is 11.6 Å². The number of aromatic nitrogens is 3. The number of piperazine rings is 1. The van der Waals surface area contributed by atoms with Gasteiger partial charge < -0.3 is 9.80 Å². The van der Waals surface area contributed by atoms with E-state index in [1.807, 2.05) is 30.3 Å². The highest BCUT2D eigenvalue weighted by Gasteiger charge is 2.30. The Morgan fingerprint density at radius 3 is 1.97 bits per heavy atom. The van der Waals surface area contributed by atoms with Crippen LogP contribution in [0.5, 0.6) is 0 Å². The monoisotopic (exact) mass is 452 g/mol. The van der Waals surface area contributed by atoms with Crippen LogP contribution in [0.1, 0.15) is 25.7 Å². The van der Waals surface area contributed by atoms with Crippen molar-refractivity contribution in [3.8, 4) is 0 Å². The van der Waals surface area contributed by atoms with Crippen LogP contribution in [-0.2, 0) is 10.0 Å². The first-order valence-electron chi connectivity index (χ1n) is 11.3. The van der Waals surface area contributed by atoms with Crippen molar-refractivity contribution in [2.75, 3.05) is 49.1 Å². The zero-order valence-electron chi connectivity index (χ0n) is 18.1. The second-order valence-electron chi connectivity index (χ2n) is 8.37. The van der Waals surface area contributed by atoms with E-state index in [0.29, 0.717) is 31.7 Å². The lowest BCUT2D eigenvalue weighted by Crippen LogP contribution is -2.49. The fourth-order valence-electron chi connectivity index (χ4n) is 4.54. The van der Waals surface area contributed by atoms with E-state index >= 15 is 0 Å². The minimum atomic E-state index is -3.62. The number of para-hydroxylation sites is 1. The molecular weight excluding hydrogens is 424 g/mol. The van der Waals surface area contributed by atoms with Gasteiger partial charge in [-0.15, -0.1) is 10.2 Å². The van der Waals surface area contributed by atoms with E-state index in [1.165, 1.54) is 25.7 Å². The van der Waals surface area contributed by atoms with Gasteiger partial charge in [0.1, 0.15) is 4.90 Å². The van der Waals surface area contributed by atoms with E-state index < -0.39 is 10.0 Å². The summed E-state index contributed by atoms with van der Waals surface area (Å²) in [7, 11) is -3.62. The molecule has 8 nitrogen and oxygen atoms in total. The number of sulfonamides is 1. The molecule has 0 saturated carbocycles. The number of hydrogen-bond donors (Lipinski definition) is 0. The number of rotatable bonds is 4. The van der Waals surface area contributed by atoms with Crippen LogP contribution >= 0.6 is 0 Å².